The lowest BCUT2D eigenvalue weighted by atomic mass is 10.1. The standard InChI is InChI=1S/C17H12N2O3S/c20-15(7-8-16(21)22)19-17-18-14(10-23-17)13-6-5-11-3-1-2-4-12(11)9-13/h1-10H,(H,21,22)(H,18,19,20)/b8-7-. The van der Waals surface area contributed by atoms with Crippen LogP contribution < -0.4 is 5.32 Å². The Balaban J connectivity index is 1.80. The van der Waals surface area contributed by atoms with Crippen molar-refractivity contribution in [1.29, 1.82) is 0 Å². The molecule has 0 aliphatic rings. The summed E-state index contributed by atoms with van der Waals surface area (Å²) >= 11 is 1.29. The van der Waals surface area contributed by atoms with Gasteiger partial charge in [0.15, 0.2) is 5.13 Å². The van der Waals surface area contributed by atoms with Gasteiger partial charge in [0.25, 0.3) is 0 Å². The number of rotatable bonds is 4. The minimum absolute atomic E-state index is 0.424. The van der Waals surface area contributed by atoms with Crippen molar-refractivity contribution in [1.82, 2.24) is 4.98 Å². The lowest BCUT2D eigenvalue weighted by Gasteiger charge is -2.01. The number of anilines is 1. The number of aliphatic carboxylic acids is 1. The first-order chi connectivity index (χ1) is 11.1. The van der Waals surface area contributed by atoms with Crippen LogP contribution in [-0.2, 0) is 9.59 Å². The van der Waals surface area contributed by atoms with Gasteiger partial charge in [0.1, 0.15) is 0 Å². The van der Waals surface area contributed by atoms with Crippen LogP contribution in [0.3, 0.4) is 0 Å². The summed E-state index contributed by atoms with van der Waals surface area (Å²) in [5, 5.41) is 15.6. The topological polar surface area (TPSA) is 79.3 Å². The average Bonchev–Trinajstić information content (AvgIpc) is 3.01. The van der Waals surface area contributed by atoms with Gasteiger partial charge in [-0.2, -0.15) is 0 Å². The van der Waals surface area contributed by atoms with Crippen LogP contribution in [0.25, 0.3) is 22.0 Å². The van der Waals surface area contributed by atoms with Gasteiger partial charge in [0.2, 0.25) is 5.91 Å². The molecule has 0 aliphatic carbocycles. The Bertz CT molecular complexity index is 915. The largest absolute Gasteiger partial charge is 0.478 e. The van der Waals surface area contributed by atoms with Gasteiger partial charge in [-0.25, -0.2) is 9.78 Å². The third-order valence-electron chi connectivity index (χ3n) is 3.16. The monoisotopic (exact) mass is 324 g/mol. The average molecular weight is 324 g/mol. The molecule has 0 radical (unpaired) electrons. The smallest absolute Gasteiger partial charge is 0.328 e. The predicted octanol–water partition coefficient (Wildman–Crippen LogP) is 3.54. The summed E-state index contributed by atoms with van der Waals surface area (Å²) in [4.78, 5) is 26.3. The van der Waals surface area contributed by atoms with Crippen molar-refractivity contribution in [3.63, 3.8) is 0 Å². The van der Waals surface area contributed by atoms with E-state index in [-0.39, 0.29) is 0 Å². The number of hydrogen-bond acceptors (Lipinski definition) is 4. The van der Waals surface area contributed by atoms with E-state index in [4.69, 9.17) is 5.11 Å². The van der Waals surface area contributed by atoms with E-state index in [1.165, 1.54) is 11.3 Å². The predicted molar refractivity (Wildman–Crippen MR) is 90.5 cm³/mol. The first-order valence-electron chi connectivity index (χ1n) is 6.78. The number of carboxylic acids is 1. The maximum atomic E-state index is 11.5. The highest BCUT2D eigenvalue weighted by Crippen LogP contribution is 2.27. The molecule has 6 heteroatoms. The summed E-state index contributed by atoms with van der Waals surface area (Å²) in [6.07, 6.45) is 1.74. The Morgan fingerprint density at radius 2 is 1.87 bits per heavy atom. The molecule has 0 unspecified atom stereocenters. The number of benzene rings is 2. The molecule has 0 aliphatic heterocycles. The van der Waals surface area contributed by atoms with E-state index in [2.05, 4.69) is 10.3 Å². The van der Waals surface area contributed by atoms with Crippen LogP contribution in [0, 0.1) is 0 Å². The van der Waals surface area contributed by atoms with Gasteiger partial charge in [-0.1, -0.05) is 36.4 Å². The number of nitrogens with zero attached hydrogens (tertiary/aromatic N) is 1. The lowest BCUT2D eigenvalue weighted by Crippen LogP contribution is -2.08. The van der Waals surface area contributed by atoms with E-state index in [1.807, 2.05) is 47.8 Å². The van der Waals surface area contributed by atoms with Crippen molar-refractivity contribution in [3.8, 4) is 11.3 Å². The van der Waals surface area contributed by atoms with Crippen LogP contribution in [0.1, 0.15) is 0 Å². The number of hydrogen-bond donors (Lipinski definition) is 2. The van der Waals surface area contributed by atoms with Crippen molar-refractivity contribution in [2.75, 3.05) is 5.32 Å². The Hall–Kier alpha value is -2.99. The second kappa shape index (κ2) is 6.41. The van der Waals surface area contributed by atoms with Crippen LogP contribution in [0.15, 0.2) is 60.0 Å². The van der Waals surface area contributed by atoms with Gasteiger partial charge in [0.05, 0.1) is 5.69 Å². The van der Waals surface area contributed by atoms with Crippen molar-refractivity contribution in [3.05, 3.63) is 60.0 Å². The molecule has 3 aromatic rings. The first-order valence-corrected chi connectivity index (χ1v) is 7.66. The molecule has 0 fully saturated rings. The molecule has 5 nitrogen and oxygen atoms in total. The molecular weight excluding hydrogens is 312 g/mol. The van der Waals surface area contributed by atoms with Crippen molar-refractivity contribution < 1.29 is 14.7 Å². The molecule has 2 aromatic carbocycles. The summed E-state index contributed by atoms with van der Waals surface area (Å²) in [7, 11) is 0. The molecule has 3 rings (SSSR count). The van der Waals surface area contributed by atoms with E-state index >= 15 is 0 Å². The number of carbonyl (C=O) groups is 2. The molecule has 1 heterocycles. The molecule has 1 aromatic heterocycles. The molecule has 114 valence electrons. The zero-order chi connectivity index (χ0) is 16.2. The Kier molecular flexibility index (Phi) is 4.16. The van der Waals surface area contributed by atoms with Crippen LogP contribution in [-0.4, -0.2) is 22.0 Å². The zero-order valence-corrected chi connectivity index (χ0v) is 12.7. The summed E-state index contributed by atoms with van der Waals surface area (Å²) in [5.41, 5.74) is 1.72. The number of amides is 1. The van der Waals surface area contributed by atoms with Gasteiger partial charge in [-0.05, 0) is 16.8 Å². The number of thiazole rings is 1. The fourth-order valence-electron chi connectivity index (χ4n) is 2.11. The van der Waals surface area contributed by atoms with E-state index in [9.17, 15) is 9.59 Å². The van der Waals surface area contributed by atoms with Gasteiger partial charge >= 0.3 is 5.97 Å². The van der Waals surface area contributed by atoms with Crippen LogP contribution in [0.4, 0.5) is 5.13 Å². The number of nitrogens with one attached hydrogen (secondary N) is 1. The Morgan fingerprint density at radius 1 is 1.09 bits per heavy atom. The molecule has 0 saturated heterocycles. The van der Waals surface area contributed by atoms with Crippen molar-refractivity contribution >= 4 is 39.1 Å². The Morgan fingerprint density at radius 3 is 2.65 bits per heavy atom. The fraction of sp³-hybridized carbons (Fsp3) is 0. The van der Waals surface area contributed by atoms with Crippen molar-refractivity contribution in [2.45, 2.75) is 0 Å². The van der Waals surface area contributed by atoms with Crippen LogP contribution in [0.5, 0.6) is 0 Å². The highest BCUT2D eigenvalue weighted by molar-refractivity contribution is 7.14. The third kappa shape index (κ3) is 3.61. The normalized spacial score (nSPS) is 11.0. The summed E-state index contributed by atoms with van der Waals surface area (Å²) < 4.78 is 0. The van der Waals surface area contributed by atoms with Crippen molar-refractivity contribution in [2.24, 2.45) is 0 Å². The summed E-state index contributed by atoms with van der Waals surface area (Å²) in [5.74, 6) is -1.69. The van der Waals surface area contributed by atoms with E-state index in [1.54, 1.807) is 0 Å². The van der Waals surface area contributed by atoms with E-state index in [0.29, 0.717) is 5.13 Å². The fourth-order valence-corrected chi connectivity index (χ4v) is 2.83. The molecule has 0 spiro atoms. The number of carbonyl (C=O) groups excluding carboxylic acids is 1. The third-order valence-corrected chi connectivity index (χ3v) is 3.91. The van der Waals surface area contributed by atoms with Gasteiger partial charge in [0, 0.05) is 23.1 Å². The van der Waals surface area contributed by atoms with Crippen LogP contribution in [0.2, 0.25) is 0 Å². The van der Waals surface area contributed by atoms with Crippen LogP contribution >= 0.6 is 11.3 Å². The summed E-state index contributed by atoms with van der Waals surface area (Å²) in [6, 6.07) is 14.1. The molecule has 1 amide bonds. The second-order valence-electron chi connectivity index (χ2n) is 4.76. The van der Waals surface area contributed by atoms with E-state index < -0.39 is 11.9 Å². The second-order valence-corrected chi connectivity index (χ2v) is 5.62. The quantitative estimate of drug-likeness (QED) is 0.719. The molecule has 0 atom stereocenters. The van der Waals surface area contributed by atoms with E-state index in [0.717, 1.165) is 34.2 Å². The highest BCUT2D eigenvalue weighted by Gasteiger charge is 2.07. The molecular formula is C17H12N2O3S. The zero-order valence-electron chi connectivity index (χ0n) is 11.9. The minimum atomic E-state index is -1.17. The number of aromatic nitrogens is 1. The van der Waals surface area contributed by atoms with Gasteiger partial charge < -0.3 is 5.11 Å². The maximum absolute atomic E-state index is 11.5. The number of fused-ring (bicyclic) bond motifs is 1. The number of carboxylic acid groups (broad SMARTS) is 1. The lowest BCUT2D eigenvalue weighted by molar-refractivity contribution is -0.131. The maximum Gasteiger partial charge on any atom is 0.328 e. The first kappa shape index (κ1) is 14.9. The molecule has 23 heavy (non-hydrogen) atoms. The van der Waals surface area contributed by atoms with Gasteiger partial charge in [-0.3, -0.25) is 10.1 Å². The van der Waals surface area contributed by atoms with Gasteiger partial charge in [-0.15, -0.1) is 11.3 Å². The molecule has 0 bridgehead atoms. The Labute approximate surface area is 135 Å². The molecule has 2 N–H and O–H groups in total. The highest BCUT2D eigenvalue weighted by atomic mass is 32.1. The summed E-state index contributed by atoms with van der Waals surface area (Å²) in [6.45, 7) is 0. The minimum Gasteiger partial charge on any atom is -0.478 e. The SMILES string of the molecule is O=C(O)/C=C\C(=O)Nc1nc(-c2ccc3ccccc3c2)cs1. The molecule has 0 saturated carbocycles.